The van der Waals surface area contributed by atoms with Gasteiger partial charge in [-0.3, -0.25) is 4.79 Å². The number of esters is 1. The number of hydrogen-bond acceptors (Lipinski definition) is 4. The van der Waals surface area contributed by atoms with Crippen molar-refractivity contribution in [2.45, 2.75) is 51.9 Å². The van der Waals surface area contributed by atoms with Gasteiger partial charge in [0.2, 0.25) is 5.91 Å². The molecule has 2 N–H and O–H groups in total. The maximum atomic E-state index is 13.8. The number of carbonyl (C=O) groups excluding carboxylic acids is 2. The Labute approximate surface area is 144 Å². The number of alkyl halides is 3. The van der Waals surface area contributed by atoms with E-state index in [1.165, 1.54) is 26.0 Å². The van der Waals surface area contributed by atoms with Crippen LogP contribution in [0.3, 0.4) is 0 Å². The molecule has 0 saturated carbocycles. The van der Waals surface area contributed by atoms with E-state index in [0.717, 1.165) is 5.56 Å². The van der Waals surface area contributed by atoms with Gasteiger partial charge in [0, 0.05) is 12.1 Å². The predicted octanol–water partition coefficient (Wildman–Crippen LogP) is 3.57. The van der Waals surface area contributed by atoms with Crippen molar-refractivity contribution in [3.05, 3.63) is 29.8 Å². The van der Waals surface area contributed by atoms with Gasteiger partial charge in [0.25, 0.3) is 0 Å². The maximum absolute atomic E-state index is 13.8. The molecule has 140 valence electrons. The third-order valence-electron chi connectivity index (χ3n) is 3.56. The van der Waals surface area contributed by atoms with E-state index >= 15 is 0 Å². The average molecular weight is 360 g/mol. The van der Waals surface area contributed by atoms with Crippen LogP contribution in [0.15, 0.2) is 24.3 Å². The lowest BCUT2D eigenvalue weighted by Gasteiger charge is -2.35. The van der Waals surface area contributed by atoms with Gasteiger partial charge >= 0.3 is 17.8 Å². The molecule has 5 nitrogen and oxygen atoms in total. The summed E-state index contributed by atoms with van der Waals surface area (Å²) in [5.41, 5.74) is -2.39. The van der Waals surface area contributed by atoms with Gasteiger partial charge in [-0.25, -0.2) is 4.79 Å². The zero-order valence-corrected chi connectivity index (χ0v) is 14.7. The lowest BCUT2D eigenvalue weighted by Crippen LogP contribution is -2.69. The van der Waals surface area contributed by atoms with E-state index in [2.05, 4.69) is 10.1 Å². The summed E-state index contributed by atoms with van der Waals surface area (Å²) in [6, 6.07) is 6.15. The second kappa shape index (κ2) is 8.22. The molecule has 0 aliphatic carbocycles. The lowest BCUT2D eigenvalue weighted by molar-refractivity contribution is -0.207. The molecule has 0 aromatic heterocycles. The summed E-state index contributed by atoms with van der Waals surface area (Å²) in [6.07, 6.45) is -5.33. The number of rotatable bonds is 7. The van der Waals surface area contributed by atoms with Gasteiger partial charge in [-0.15, -0.1) is 0 Å². The molecule has 0 spiro atoms. The van der Waals surface area contributed by atoms with Crippen LogP contribution in [-0.2, 0) is 14.3 Å². The van der Waals surface area contributed by atoms with Crippen LogP contribution in [0.25, 0.3) is 0 Å². The van der Waals surface area contributed by atoms with Crippen molar-refractivity contribution in [2.24, 2.45) is 0 Å². The summed E-state index contributed by atoms with van der Waals surface area (Å²) in [6.45, 7) is 6.41. The molecule has 25 heavy (non-hydrogen) atoms. The van der Waals surface area contributed by atoms with Crippen molar-refractivity contribution in [3.8, 4) is 0 Å². The topological polar surface area (TPSA) is 67.4 Å². The number of ether oxygens (including phenoxy) is 1. The highest BCUT2D eigenvalue weighted by Crippen LogP contribution is 2.33. The Morgan fingerprint density at radius 1 is 1.12 bits per heavy atom. The Kier molecular flexibility index (Phi) is 6.84. The average Bonchev–Trinajstić information content (AvgIpc) is 2.53. The molecule has 1 aromatic rings. The number of carbonyl (C=O) groups is 2. The summed E-state index contributed by atoms with van der Waals surface area (Å²) in [4.78, 5) is 23.8. The molecular weight excluding hydrogens is 337 g/mol. The highest BCUT2D eigenvalue weighted by atomic mass is 19.4. The van der Waals surface area contributed by atoms with Crippen LogP contribution in [-0.4, -0.2) is 30.3 Å². The molecule has 0 aliphatic heterocycles. The van der Waals surface area contributed by atoms with E-state index in [1.807, 2.05) is 13.8 Å². The highest BCUT2D eigenvalue weighted by Gasteiger charge is 2.63. The van der Waals surface area contributed by atoms with E-state index in [-0.39, 0.29) is 24.6 Å². The van der Waals surface area contributed by atoms with E-state index in [9.17, 15) is 22.8 Å². The first kappa shape index (κ1) is 20.8. The van der Waals surface area contributed by atoms with Gasteiger partial charge in [-0.1, -0.05) is 32.9 Å². The first-order valence-corrected chi connectivity index (χ1v) is 8.00. The fourth-order valence-electron chi connectivity index (χ4n) is 2.10. The van der Waals surface area contributed by atoms with Crippen molar-refractivity contribution in [3.63, 3.8) is 0 Å². The van der Waals surface area contributed by atoms with Crippen LogP contribution in [0.2, 0.25) is 0 Å². The smallest absolute Gasteiger partial charge is 0.441 e. The van der Waals surface area contributed by atoms with E-state index in [4.69, 9.17) is 0 Å². The molecule has 1 amide bonds. The van der Waals surface area contributed by atoms with Gasteiger partial charge < -0.3 is 15.4 Å². The number of hydrogen-bond donors (Lipinski definition) is 2. The third-order valence-corrected chi connectivity index (χ3v) is 3.56. The number of amides is 1. The van der Waals surface area contributed by atoms with Crippen LogP contribution in [0.5, 0.6) is 0 Å². The van der Waals surface area contributed by atoms with Gasteiger partial charge in [0.05, 0.1) is 6.61 Å². The third kappa shape index (κ3) is 4.87. The molecule has 0 fully saturated rings. The SMILES string of the molecule is CCOC(=O)C(NC(=O)CC)(Nc1ccc(C(C)C)cc1)C(F)(F)F. The normalized spacial score (nSPS) is 13.9. The second-order valence-corrected chi connectivity index (χ2v) is 5.77. The zero-order chi connectivity index (χ0) is 19.3. The Balaban J connectivity index is 3.32. The molecule has 0 bridgehead atoms. The minimum absolute atomic E-state index is 0.0335. The monoisotopic (exact) mass is 360 g/mol. The zero-order valence-electron chi connectivity index (χ0n) is 14.7. The number of nitrogens with one attached hydrogen (secondary N) is 2. The summed E-state index contributed by atoms with van der Waals surface area (Å²) in [7, 11) is 0. The molecule has 0 radical (unpaired) electrons. The van der Waals surface area contributed by atoms with Gasteiger partial charge in [-0.2, -0.15) is 13.2 Å². The minimum atomic E-state index is -5.11. The molecule has 1 rings (SSSR count). The fourth-order valence-corrected chi connectivity index (χ4v) is 2.10. The van der Waals surface area contributed by atoms with Crippen LogP contribution >= 0.6 is 0 Å². The first-order valence-electron chi connectivity index (χ1n) is 8.00. The number of benzene rings is 1. The number of halogens is 3. The molecule has 8 heteroatoms. The summed E-state index contributed by atoms with van der Waals surface area (Å²) >= 11 is 0. The van der Waals surface area contributed by atoms with Crippen molar-refractivity contribution < 1.29 is 27.5 Å². The van der Waals surface area contributed by atoms with Crippen LogP contribution < -0.4 is 10.6 Å². The molecule has 0 heterocycles. The van der Waals surface area contributed by atoms with Crippen molar-refractivity contribution >= 4 is 17.6 Å². The minimum Gasteiger partial charge on any atom is -0.463 e. The molecule has 0 saturated heterocycles. The van der Waals surface area contributed by atoms with Crippen molar-refractivity contribution in [1.82, 2.24) is 5.32 Å². The molecule has 1 atom stereocenters. The Morgan fingerprint density at radius 2 is 1.68 bits per heavy atom. The van der Waals surface area contributed by atoms with E-state index in [0.29, 0.717) is 0 Å². The quantitative estimate of drug-likeness (QED) is 0.576. The molecule has 1 unspecified atom stereocenters. The standard InChI is InChI=1S/C17H23F3N2O3/c1-5-14(23)22-16(17(18,19)20,15(24)25-6-2)21-13-9-7-12(8-10-13)11(3)4/h7-11,21H,5-6H2,1-4H3,(H,22,23). The summed E-state index contributed by atoms with van der Waals surface area (Å²) in [5.74, 6) is -2.35. The van der Waals surface area contributed by atoms with Crippen molar-refractivity contribution in [1.29, 1.82) is 0 Å². The fraction of sp³-hybridized carbons (Fsp3) is 0.529. The van der Waals surface area contributed by atoms with Crippen LogP contribution in [0.4, 0.5) is 18.9 Å². The second-order valence-electron chi connectivity index (χ2n) is 5.77. The molecule has 1 aromatic carbocycles. The number of anilines is 1. The largest absolute Gasteiger partial charge is 0.463 e. The highest BCUT2D eigenvalue weighted by molar-refractivity contribution is 5.91. The molecule has 0 aliphatic rings. The Bertz CT molecular complexity index is 600. The maximum Gasteiger partial charge on any atom is 0.441 e. The Morgan fingerprint density at radius 3 is 2.08 bits per heavy atom. The predicted molar refractivity (Wildman–Crippen MR) is 88.0 cm³/mol. The van der Waals surface area contributed by atoms with Crippen LogP contribution in [0, 0.1) is 0 Å². The van der Waals surface area contributed by atoms with Gasteiger partial charge in [0.15, 0.2) is 0 Å². The van der Waals surface area contributed by atoms with E-state index in [1.54, 1.807) is 17.4 Å². The van der Waals surface area contributed by atoms with Crippen molar-refractivity contribution in [2.75, 3.05) is 11.9 Å². The summed E-state index contributed by atoms with van der Waals surface area (Å²) < 4.78 is 45.9. The van der Waals surface area contributed by atoms with Crippen LogP contribution in [0.1, 0.15) is 45.6 Å². The van der Waals surface area contributed by atoms with E-state index < -0.39 is 23.7 Å². The van der Waals surface area contributed by atoms with Gasteiger partial charge in [0.1, 0.15) is 0 Å². The van der Waals surface area contributed by atoms with Gasteiger partial charge in [-0.05, 0) is 30.5 Å². The summed E-state index contributed by atoms with van der Waals surface area (Å²) in [5, 5.41) is 3.86. The Hall–Kier alpha value is -2.25. The lowest BCUT2D eigenvalue weighted by atomic mass is 10.0. The molecular formula is C17H23F3N2O3. The first-order chi connectivity index (χ1) is 11.6.